The van der Waals surface area contributed by atoms with Crippen molar-refractivity contribution in [2.75, 3.05) is 45.7 Å². The highest BCUT2D eigenvalue weighted by Gasteiger charge is 2.31. The smallest absolute Gasteiger partial charge is 0.262 e. The second-order valence-corrected chi connectivity index (χ2v) is 8.40. The molecular formula is C27H28FN3O4. The predicted octanol–water partition coefficient (Wildman–Crippen LogP) is 3.98. The van der Waals surface area contributed by atoms with Crippen molar-refractivity contribution < 1.29 is 23.5 Å². The number of ether oxygens (including phenoxy) is 2. The first-order chi connectivity index (χ1) is 16.9. The standard InChI is InChI=1S/C27H28FN3O4/c1-30-14-15-31(23(17-30)19-6-4-3-5-7-19)27(33)20-8-13-24(25(16-20)34-2)35-18-26(32)29-22-11-9-21(28)10-12-22/h3-13,16,23H,14-15,17-18H2,1-2H3,(H,29,32). The number of methoxy groups -OCH3 is 1. The van der Waals surface area contributed by atoms with Gasteiger partial charge >= 0.3 is 0 Å². The number of hydrogen-bond donors (Lipinski definition) is 1. The Bertz CT molecular complexity index is 1170. The molecule has 182 valence electrons. The number of nitrogens with one attached hydrogen (secondary N) is 1. The van der Waals surface area contributed by atoms with Gasteiger partial charge in [-0.05, 0) is 55.1 Å². The number of hydrogen-bond acceptors (Lipinski definition) is 5. The molecule has 0 aromatic heterocycles. The molecule has 1 N–H and O–H groups in total. The summed E-state index contributed by atoms with van der Waals surface area (Å²) in [6.45, 7) is 1.88. The lowest BCUT2D eigenvalue weighted by molar-refractivity contribution is -0.118. The second-order valence-electron chi connectivity index (χ2n) is 8.40. The van der Waals surface area contributed by atoms with Gasteiger partial charge in [0.25, 0.3) is 11.8 Å². The quantitative estimate of drug-likeness (QED) is 0.558. The van der Waals surface area contributed by atoms with Crippen LogP contribution < -0.4 is 14.8 Å². The van der Waals surface area contributed by atoms with Gasteiger partial charge in [-0.25, -0.2) is 4.39 Å². The summed E-state index contributed by atoms with van der Waals surface area (Å²) in [6.07, 6.45) is 0. The van der Waals surface area contributed by atoms with Gasteiger partial charge in [0, 0.05) is 30.9 Å². The minimum absolute atomic E-state index is 0.0560. The van der Waals surface area contributed by atoms with Gasteiger partial charge in [-0.3, -0.25) is 9.59 Å². The number of piperazine rings is 1. The van der Waals surface area contributed by atoms with E-state index in [9.17, 15) is 14.0 Å². The maximum Gasteiger partial charge on any atom is 0.262 e. The summed E-state index contributed by atoms with van der Waals surface area (Å²) in [5.41, 5.74) is 2.04. The fourth-order valence-corrected chi connectivity index (χ4v) is 4.08. The highest BCUT2D eigenvalue weighted by atomic mass is 19.1. The molecular weight excluding hydrogens is 449 g/mol. The summed E-state index contributed by atoms with van der Waals surface area (Å²) in [7, 11) is 3.54. The lowest BCUT2D eigenvalue weighted by Crippen LogP contribution is -2.49. The van der Waals surface area contributed by atoms with Crippen molar-refractivity contribution in [2.45, 2.75) is 6.04 Å². The van der Waals surface area contributed by atoms with Crippen LogP contribution in [-0.4, -0.2) is 62.0 Å². The monoisotopic (exact) mass is 477 g/mol. The molecule has 1 aliphatic rings. The van der Waals surface area contributed by atoms with Crippen molar-refractivity contribution in [1.82, 2.24) is 9.80 Å². The highest BCUT2D eigenvalue weighted by Crippen LogP contribution is 2.31. The number of carbonyl (C=O) groups excluding carboxylic acids is 2. The van der Waals surface area contributed by atoms with Crippen LogP contribution in [0.25, 0.3) is 0 Å². The van der Waals surface area contributed by atoms with E-state index in [1.165, 1.54) is 31.4 Å². The van der Waals surface area contributed by atoms with E-state index in [2.05, 4.69) is 17.3 Å². The van der Waals surface area contributed by atoms with Gasteiger partial charge < -0.3 is 24.6 Å². The van der Waals surface area contributed by atoms with E-state index in [0.717, 1.165) is 18.7 Å². The van der Waals surface area contributed by atoms with Gasteiger partial charge in [0.2, 0.25) is 0 Å². The van der Waals surface area contributed by atoms with Crippen molar-refractivity contribution in [3.05, 3.63) is 89.7 Å². The SMILES string of the molecule is COc1cc(C(=O)N2CCN(C)CC2c2ccccc2)ccc1OCC(=O)Nc1ccc(F)cc1. The summed E-state index contributed by atoms with van der Waals surface area (Å²) in [5.74, 6) is -0.176. The number of benzene rings is 3. The van der Waals surface area contributed by atoms with Crippen LogP contribution in [0.1, 0.15) is 22.0 Å². The zero-order chi connectivity index (χ0) is 24.8. The third-order valence-electron chi connectivity index (χ3n) is 5.93. The van der Waals surface area contributed by atoms with Crippen LogP contribution in [0.15, 0.2) is 72.8 Å². The van der Waals surface area contributed by atoms with E-state index < -0.39 is 5.91 Å². The zero-order valence-electron chi connectivity index (χ0n) is 19.7. The molecule has 3 aromatic rings. The number of anilines is 1. The number of halogens is 1. The second kappa shape index (κ2) is 11.0. The Labute approximate surface area is 204 Å². The van der Waals surface area contributed by atoms with Gasteiger partial charge in [-0.15, -0.1) is 0 Å². The summed E-state index contributed by atoms with van der Waals surface area (Å²) in [4.78, 5) is 29.8. The molecule has 4 rings (SSSR count). The molecule has 0 spiro atoms. The van der Waals surface area contributed by atoms with Crippen LogP contribution >= 0.6 is 0 Å². The van der Waals surface area contributed by atoms with Crippen LogP contribution in [0.4, 0.5) is 10.1 Å². The van der Waals surface area contributed by atoms with Gasteiger partial charge in [0.1, 0.15) is 5.82 Å². The van der Waals surface area contributed by atoms with Gasteiger partial charge in [-0.2, -0.15) is 0 Å². The first-order valence-corrected chi connectivity index (χ1v) is 11.4. The largest absolute Gasteiger partial charge is 0.493 e. The molecule has 7 nitrogen and oxygen atoms in total. The first kappa shape index (κ1) is 24.2. The molecule has 1 fully saturated rings. The minimum atomic E-state index is -0.401. The summed E-state index contributed by atoms with van der Waals surface area (Å²) in [5, 5.41) is 2.64. The van der Waals surface area contributed by atoms with E-state index in [0.29, 0.717) is 29.3 Å². The Morgan fingerprint density at radius 3 is 2.46 bits per heavy atom. The van der Waals surface area contributed by atoms with Crippen LogP contribution in [0, 0.1) is 5.82 Å². The predicted molar refractivity (Wildman–Crippen MR) is 131 cm³/mol. The van der Waals surface area contributed by atoms with E-state index >= 15 is 0 Å². The minimum Gasteiger partial charge on any atom is -0.493 e. The van der Waals surface area contributed by atoms with Crippen LogP contribution in [-0.2, 0) is 4.79 Å². The fraction of sp³-hybridized carbons (Fsp3) is 0.259. The Balaban J connectivity index is 1.45. The summed E-state index contributed by atoms with van der Waals surface area (Å²) in [6, 6.07) is 20.4. The molecule has 1 saturated heterocycles. The molecule has 1 aliphatic heterocycles. The van der Waals surface area contributed by atoms with Crippen molar-refractivity contribution in [1.29, 1.82) is 0 Å². The number of carbonyl (C=O) groups is 2. The van der Waals surface area contributed by atoms with Crippen LogP contribution in [0.3, 0.4) is 0 Å². The van der Waals surface area contributed by atoms with Gasteiger partial charge in [0.05, 0.1) is 13.2 Å². The van der Waals surface area contributed by atoms with E-state index in [1.54, 1.807) is 18.2 Å². The molecule has 35 heavy (non-hydrogen) atoms. The number of amides is 2. The third-order valence-corrected chi connectivity index (χ3v) is 5.93. The van der Waals surface area contributed by atoms with Gasteiger partial charge in [-0.1, -0.05) is 30.3 Å². The lowest BCUT2D eigenvalue weighted by Gasteiger charge is -2.40. The molecule has 8 heteroatoms. The van der Waals surface area contributed by atoms with Crippen molar-refractivity contribution in [2.24, 2.45) is 0 Å². The maximum atomic E-state index is 13.5. The average molecular weight is 478 g/mol. The number of likely N-dealkylation sites (N-methyl/N-ethyl adjacent to an activating group) is 1. The van der Waals surface area contributed by atoms with Crippen molar-refractivity contribution in [3.8, 4) is 11.5 Å². The Hall–Kier alpha value is -3.91. The molecule has 1 atom stereocenters. The number of rotatable bonds is 7. The Morgan fingerprint density at radius 1 is 1.00 bits per heavy atom. The highest BCUT2D eigenvalue weighted by molar-refractivity contribution is 5.95. The van der Waals surface area contributed by atoms with E-state index in [1.807, 2.05) is 35.2 Å². The Morgan fingerprint density at radius 2 is 1.74 bits per heavy atom. The first-order valence-electron chi connectivity index (χ1n) is 11.4. The van der Waals surface area contributed by atoms with Crippen LogP contribution in [0.2, 0.25) is 0 Å². The van der Waals surface area contributed by atoms with Gasteiger partial charge in [0.15, 0.2) is 18.1 Å². The summed E-state index contributed by atoms with van der Waals surface area (Å²) < 4.78 is 24.1. The Kier molecular flexibility index (Phi) is 7.62. The maximum absolute atomic E-state index is 13.5. The van der Waals surface area contributed by atoms with Crippen LogP contribution in [0.5, 0.6) is 11.5 Å². The molecule has 0 bridgehead atoms. The molecule has 3 aromatic carbocycles. The van der Waals surface area contributed by atoms with Crippen molar-refractivity contribution in [3.63, 3.8) is 0 Å². The van der Waals surface area contributed by atoms with Crippen molar-refractivity contribution >= 4 is 17.5 Å². The van der Waals surface area contributed by atoms with E-state index in [-0.39, 0.29) is 24.4 Å². The molecule has 0 aliphatic carbocycles. The lowest BCUT2D eigenvalue weighted by atomic mass is 10.0. The molecule has 2 amide bonds. The summed E-state index contributed by atoms with van der Waals surface area (Å²) >= 11 is 0. The topological polar surface area (TPSA) is 71.1 Å². The zero-order valence-corrected chi connectivity index (χ0v) is 19.7. The van der Waals surface area contributed by atoms with E-state index in [4.69, 9.17) is 9.47 Å². The molecule has 0 saturated carbocycles. The normalized spacial score (nSPS) is 16.0. The fourth-order valence-electron chi connectivity index (χ4n) is 4.08. The molecule has 0 radical (unpaired) electrons. The molecule has 1 unspecified atom stereocenters. The number of nitrogens with zero attached hydrogens (tertiary/aromatic N) is 2. The average Bonchev–Trinajstić information content (AvgIpc) is 2.88. The molecule has 1 heterocycles. The third kappa shape index (κ3) is 5.96.